The number of esters is 1. The minimum atomic E-state index is -0.969. The van der Waals surface area contributed by atoms with Crippen LogP contribution in [0.25, 0.3) is 0 Å². The molecule has 1 aromatic rings. The van der Waals surface area contributed by atoms with Crippen LogP contribution < -0.4 is 0 Å². The highest BCUT2D eigenvalue weighted by Gasteiger charge is 2.45. The lowest BCUT2D eigenvalue weighted by Crippen LogP contribution is -2.50. The molecule has 0 N–H and O–H groups in total. The number of benzene rings is 1. The van der Waals surface area contributed by atoms with Crippen LogP contribution >= 0.6 is 0 Å². The Labute approximate surface area is 119 Å². The van der Waals surface area contributed by atoms with Crippen molar-refractivity contribution in [1.82, 2.24) is 4.90 Å². The van der Waals surface area contributed by atoms with Crippen molar-refractivity contribution in [3.8, 4) is 0 Å². The van der Waals surface area contributed by atoms with Gasteiger partial charge in [-0.15, -0.1) is 0 Å². The number of hydrogen-bond acceptors (Lipinski definition) is 4. The third-order valence-electron chi connectivity index (χ3n) is 3.89. The first-order chi connectivity index (χ1) is 9.56. The molecule has 0 saturated carbocycles. The van der Waals surface area contributed by atoms with Crippen LogP contribution in [-0.2, 0) is 20.9 Å². The highest BCUT2D eigenvalue weighted by Crippen LogP contribution is 2.30. The maximum atomic E-state index is 12.3. The molecule has 0 bridgehead atoms. The Balaban J connectivity index is 1.99. The van der Waals surface area contributed by atoms with Gasteiger partial charge in [0, 0.05) is 13.1 Å². The SMILES string of the molecule is CCOC(=O)C1(C)CCN(Cc2ccccc2)CC1=O. The van der Waals surface area contributed by atoms with Crippen molar-refractivity contribution in [2.45, 2.75) is 26.8 Å². The minimum absolute atomic E-state index is 0.0434. The Morgan fingerprint density at radius 1 is 1.35 bits per heavy atom. The molecule has 20 heavy (non-hydrogen) atoms. The molecule has 4 nitrogen and oxygen atoms in total. The van der Waals surface area contributed by atoms with Crippen LogP contribution in [0.15, 0.2) is 30.3 Å². The van der Waals surface area contributed by atoms with Gasteiger partial charge in [-0.1, -0.05) is 30.3 Å². The number of carbonyl (C=O) groups is 2. The van der Waals surface area contributed by atoms with Gasteiger partial charge in [0.2, 0.25) is 0 Å². The Bertz CT molecular complexity index is 486. The molecule has 1 atom stereocenters. The third-order valence-corrected chi connectivity index (χ3v) is 3.89. The molecule has 4 heteroatoms. The van der Waals surface area contributed by atoms with Gasteiger partial charge in [0.1, 0.15) is 5.41 Å². The van der Waals surface area contributed by atoms with Gasteiger partial charge in [-0.05, 0) is 25.8 Å². The standard InChI is InChI=1S/C16H21NO3/c1-3-20-15(19)16(2)9-10-17(12-14(16)18)11-13-7-5-4-6-8-13/h4-8H,3,9-12H2,1-2H3. The van der Waals surface area contributed by atoms with Gasteiger partial charge in [0.05, 0.1) is 13.2 Å². The van der Waals surface area contributed by atoms with Crippen LogP contribution in [0.4, 0.5) is 0 Å². The molecule has 0 spiro atoms. The van der Waals surface area contributed by atoms with Crippen LogP contribution in [0.3, 0.4) is 0 Å². The molecule has 1 aliphatic heterocycles. The average molecular weight is 275 g/mol. The van der Waals surface area contributed by atoms with Crippen molar-refractivity contribution < 1.29 is 14.3 Å². The number of likely N-dealkylation sites (tertiary alicyclic amines) is 1. The van der Waals surface area contributed by atoms with E-state index in [4.69, 9.17) is 4.74 Å². The number of hydrogen-bond donors (Lipinski definition) is 0. The van der Waals surface area contributed by atoms with E-state index in [1.807, 2.05) is 30.3 Å². The van der Waals surface area contributed by atoms with Gasteiger partial charge in [-0.25, -0.2) is 0 Å². The molecule has 0 aromatic heterocycles. The van der Waals surface area contributed by atoms with E-state index < -0.39 is 5.41 Å². The normalized spacial score (nSPS) is 23.6. The summed E-state index contributed by atoms with van der Waals surface area (Å²) in [6.07, 6.45) is 0.525. The fourth-order valence-electron chi connectivity index (χ4n) is 2.46. The van der Waals surface area contributed by atoms with E-state index in [1.165, 1.54) is 5.56 Å². The van der Waals surface area contributed by atoms with Gasteiger partial charge in [0.15, 0.2) is 5.78 Å². The Hall–Kier alpha value is -1.68. The van der Waals surface area contributed by atoms with Crippen LogP contribution in [0.5, 0.6) is 0 Å². The Morgan fingerprint density at radius 2 is 2.05 bits per heavy atom. The van der Waals surface area contributed by atoms with Crippen molar-refractivity contribution in [3.05, 3.63) is 35.9 Å². The van der Waals surface area contributed by atoms with Crippen molar-refractivity contribution in [2.75, 3.05) is 19.7 Å². The van der Waals surface area contributed by atoms with Gasteiger partial charge < -0.3 is 4.74 Å². The molecule has 0 radical (unpaired) electrons. The van der Waals surface area contributed by atoms with Gasteiger partial charge in [-0.3, -0.25) is 14.5 Å². The summed E-state index contributed by atoms with van der Waals surface area (Å²) in [5, 5.41) is 0. The fraction of sp³-hybridized carbons (Fsp3) is 0.500. The first kappa shape index (κ1) is 14.7. The summed E-state index contributed by atoms with van der Waals surface area (Å²) < 4.78 is 5.03. The lowest BCUT2D eigenvalue weighted by Gasteiger charge is -2.36. The number of ether oxygens (including phenoxy) is 1. The molecule has 0 amide bonds. The van der Waals surface area contributed by atoms with Gasteiger partial charge in [0.25, 0.3) is 0 Å². The Kier molecular flexibility index (Phi) is 4.55. The maximum Gasteiger partial charge on any atom is 0.319 e. The summed E-state index contributed by atoms with van der Waals surface area (Å²) in [4.78, 5) is 26.3. The largest absolute Gasteiger partial charge is 0.465 e. The molecular weight excluding hydrogens is 254 g/mol. The molecule has 2 rings (SSSR count). The van der Waals surface area contributed by atoms with Crippen LogP contribution in [0.2, 0.25) is 0 Å². The summed E-state index contributed by atoms with van der Waals surface area (Å²) in [6, 6.07) is 10.0. The van der Waals surface area contributed by atoms with Crippen molar-refractivity contribution in [2.24, 2.45) is 5.41 Å². The molecule has 1 aliphatic rings. The van der Waals surface area contributed by atoms with E-state index >= 15 is 0 Å². The number of piperidine rings is 1. The van der Waals surface area contributed by atoms with E-state index in [0.29, 0.717) is 19.6 Å². The topological polar surface area (TPSA) is 46.6 Å². The predicted octanol–water partition coefficient (Wildman–Crippen LogP) is 2.03. The number of carbonyl (C=O) groups excluding carboxylic acids is 2. The summed E-state index contributed by atoms with van der Waals surface area (Å²) in [5.74, 6) is -0.428. The summed E-state index contributed by atoms with van der Waals surface area (Å²) in [7, 11) is 0. The smallest absolute Gasteiger partial charge is 0.319 e. The number of Topliss-reactive ketones (excluding diaryl/α,β-unsaturated/α-hetero) is 1. The highest BCUT2D eigenvalue weighted by atomic mass is 16.5. The zero-order valence-corrected chi connectivity index (χ0v) is 12.1. The van der Waals surface area contributed by atoms with E-state index in [-0.39, 0.29) is 11.8 Å². The summed E-state index contributed by atoms with van der Waals surface area (Å²) in [6.45, 7) is 5.56. The summed E-state index contributed by atoms with van der Waals surface area (Å²) in [5.41, 5.74) is 0.212. The van der Waals surface area contributed by atoms with Crippen LogP contribution in [0, 0.1) is 5.41 Å². The van der Waals surface area contributed by atoms with Crippen molar-refractivity contribution in [3.63, 3.8) is 0 Å². The fourth-order valence-corrected chi connectivity index (χ4v) is 2.46. The quantitative estimate of drug-likeness (QED) is 0.623. The highest BCUT2D eigenvalue weighted by molar-refractivity contribution is 6.04. The number of ketones is 1. The molecule has 108 valence electrons. The zero-order chi connectivity index (χ0) is 14.6. The molecule has 1 saturated heterocycles. The van der Waals surface area contributed by atoms with Gasteiger partial charge >= 0.3 is 5.97 Å². The zero-order valence-electron chi connectivity index (χ0n) is 12.1. The average Bonchev–Trinajstić information content (AvgIpc) is 2.44. The van der Waals surface area contributed by atoms with E-state index in [2.05, 4.69) is 4.90 Å². The Morgan fingerprint density at radius 3 is 2.65 bits per heavy atom. The third kappa shape index (κ3) is 3.07. The van der Waals surface area contributed by atoms with Gasteiger partial charge in [-0.2, -0.15) is 0 Å². The van der Waals surface area contributed by atoms with Crippen molar-refractivity contribution in [1.29, 1.82) is 0 Å². The molecular formula is C16H21NO3. The maximum absolute atomic E-state index is 12.3. The minimum Gasteiger partial charge on any atom is -0.465 e. The van der Waals surface area contributed by atoms with E-state index in [9.17, 15) is 9.59 Å². The first-order valence-electron chi connectivity index (χ1n) is 7.03. The predicted molar refractivity (Wildman–Crippen MR) is 76.1 cm³/mol. The number of rotatable bonds is 4. The number of nitrogens with zero attached hydrogens (tertiary/aromatic N) is 1. The van der Waals surface area contributed by atoms with E-state index in [1.54, 1.807) is 13.8 Å². The summed E-state index contributed by atoms with van der Waals surface area (Å²) >= 11 is 0. The van der Waals surface area contributed by atoms with E-state index in [0.717, 1.165) is 13.1 Å². The van der Waals surface area contributed by atoms with Crippen molar-refractivity contribution >= 4 is 11.8 Å². The molecule has 0 aliphatic carbocycles. The molecule has 1 fully saturated rings. The molecule has 1 aromatic carbocycles. The van der Waals surface area contributed by atoms with Crippen LogP contribution in [0.1, 0.15) is 25.8 Å². The molecule has 1 heterocycles. The second-order valence-corrected chi connectivity index (χ2v) is 5.42. The molecule has 1 unspecified atom stereocenters. The lowest BCUT2D eigenvalue weighted by atomic mass is 9.79. The first-order valence-corrected chi connectivity index (χ1v) is 7.03. The lowest BCUT2D eigenvalue weighted by molar-refractivity contribution is -0.162. The second kappa shape index (κ2) is 6.18. The van der Waals surface area contributed by atoms with Crippen LogP contribution in [-0.4, -0.2) is 36.3 Å². The second-order valence-electron chi connectivity index (χ2n) is 5.42. The monoisotopic (exact) mass is 275 g/mol.